The van der Waals surface area contributed by atoms with Gasteiger partial charge in [0.1, 0.15) is 0 Å². The van der Waals surface area contributed by atoms with Crippen molar-refractivity contribution >= 4 is 5.69 Å². The van der Waals surface area contributed by atoms with E-state index < -0.39 is 0 Å². The number of benzene rings is 1. The Kier molecular flexibility index (Phi) is 5.23. The first kappa shape index (κ1) is 14.4. The van der Waals surface area contributed by atoms with E-state index in [1.165, 1.54) is 18.5 Å². The van der Waals surface area contributed by atoms with Crippen LogP contribution in [0.5, 0.6) is 0 Å². The minimum atomic E-state index is 0.297. The van der Waals surface area contributed by atoms with Gasteiger partial charge in [-0.3, -0.25) is 0 Å². The number of rotatable bonds is 6. The molecule has 3 nitrogen and oxygen atoms in total. The van der Waals surface area contributed by atoms with Crippen molar-refractivity contribution in [1.82, 2.24) is 5.32 Å². The van der Waals surface area contributed by atoms with Crippen LogP contribution in [0.2, 0.25) is 0 Å². The highest BCUT2D eigenvalue weighted by Gasteiger charge is 2.33. The molecular formula is C16H26N2O. The van der Waals surface area contributed by atoms with Crippen LogP contribution in [0.25, 0.3) is 0 Å². The van der Waals surface area contributed by atoms with E-state index in [4.69, 9.17) is 4.74 Å². The zero-order valence-corrected chi connectivity index (χ0v) is 12.2. The van der Waals surface area contributed by atoms with Gasteiger partial charge in [0, 0.05) is 31.3 Å². The molecule has 1 saturated heterocycles. The summed E-state index contributed by atoms with van der Waals surface area (Å²) in [6, 6.07) is 10.7. The first-order valence-corrected chi connectivity index (χ1v) is 7.29. The second kappa shape index (κ2) is 6.92. The van der Waals surface area contributed by atoms with Gasteiger partial charge in [0.2, 0.25) is 0 Å². The molecule has 1 aromatic carbocycles. The van der Waals surface area contributed by atoms with Crippen LogP contribution in [0.4, 0.5) is 5.69 Å². The van der Waals surface area contributed by atoms with Crippen LogP contribution in [0.1, 0.15) is 19.8 Å². The maximum Gasteiger partial charge on any atom is 0.0536 e. The van der Waals surface area contributed by atoms with Crippen molar-refractivity contribution in [2.24, 2.45) is 5.41 Å². The first-order valence-electron chi connectivity index (χ1n) is 7.29. The molecule has 0 aromatic heterocycles. The Morgan fingerprint density at radius 1 is 1.21 bits per heavy atom. The standard InChI is InChI=1S/C16H26N2O/c1-3-18(15-7-5-4-6-8-15)13-16(14-19-2)9-11-17-12-10-16/h4-8,17H,3,9-14H2,1-2H3. The Hall–Kier alpha value is -1.06. The second-order valence-corrected chi connectivity index (χ2v) is 5.53. The number of hydrogen-bond acceptors (Lipinski definition) is 3. The van der Waals surface area contributed by atoms with E-state index in [0.29, 0.717) is 5.41 Å². The Balaban J connectivity index is 2.10. The van der Waals surface area contributed by atoms with E-state index >= 15 is 0 Å². The summed E-state index contributed by atoms with van der Waals surface area (Å²) in [6.45, 7) is 7.43. The predicted octanol–water partition coefficient (Wildman–Crippen LogP) is 2.53. The lowest BCUT2D eigenvalue weighted by Gasteiger charge is -2.41. The highest BCUT2D eigenvalue weighted by Crippen LogP contribution is 2.31. The van der Waals surface area contributed by atoms with Crippen LogP contribution in [-0.2, 0) is 4.74 Å². The number of ether oxygens (including phenoxy) is 1. The fourth-order valence-electron chi connectivity index (χ4n) is 3.04. The summed E-state index contributed by atoms with van der Waals surface area (Å²) in [4.78, 5) is 2.48. The van der Waals surface area contributed by atoms with E-state index in [2.05, 4.69) is 47.5 Å². The normalized spacial score (nSPS) is 18.2. The maximum atomic E-state index is 5.51. The van der Waals surface area contributed by atoms with Crippen LogP contribution < -0.4 is 10.2 Å². The van der Waals surface area contributed by atoms with Crippen LogP contribution in [-0.4, -0.2) is 39.9 Å². The molecule has 0 spiro atoms. The summed E-state index contributed by atoms with van der Waals surface area (Å²) in [7, 11) is 1.82. The summed E-state index contributed by atoms with van der Waals surface area (Å²) >= 11 is 0. The molecule has 0 unspecified atom stereocenters. The van der Waals surface area contributed by atoms with Crippen LogP contribution >= 0.6 is 0 Å². The number of para-hydroxylation sites is 1. The molecular weight excluding hydrogens is 236 g/mol. The molecule has 3 heteroatoms. The minimum Gasteiger partial charge on any atom is -0.384 e. The predicted molar refractivity (Wildman–Crippen MR) is 80.7 cm³/mol. The molecule has 0 amide bonds. The quantitative estimate of drug-likeness (QED) is 0.852. The van der Waals surface area contributed by atoms with Gasteiger partial charge < -0.3 is 15.0 Å². The number of methoxy groups -OCH3 is 1. The third-order valence-corrected chi connectivity index (χ3v) is 4.14. The van der Waals surface area contributed by atoms with Gasteiger partial charge in [0.15, 0.2) is 0 Å². The van der Waals surface area contributed by atoms with Gasteiger partial charge >= 0.3 is 0 Å². The average molecular weight is 262 g/mol. The second-order valence-electron chi connectivity index (χ2n) is 5.53. The molecule has 1 aromatic rings. The molecule has 0 saturated carbocycles. The highest BCUT2D eigenvalue weighted by molar-refractivity contribution is 5.46. The molecule has 1 aliphatic heterocycles. The highest BCUT2D eigenvalue weighted by atomic mass is 16.5. The molecule has 0 bridgehead atoms. The largest absolute Gasteiger partial charge is 0.384 e. The summed E-state index contributed by atoms with van der Waals surface area (Å²) in [5, 5.41) is 3.45. The third-order valence-electron chi connectivity index (χ3n) is 4.14. The monoisotopic (exact) mass is 262 g/mol. The van der Waals surface area contributed by atoms with Crippen molar-refractivity contribution in [3.8, 4) is 0 Å². The van der Waals surface area contributed by atoms with Gasteiger partial charge in [-0.15, -0.1) is 0 Å². The maximum absolute atomic E-state index is 5.51. The lowest BCUT2D eigenvalue weighted by Crippen LogP contribution is -2.47. The van der Waals surface area contributed by atoms with Crippen LogP contribution in [0.15, 0.2) is 30.3 Å². The van der Waals surface area contributed by atoms with Gasteiger partial charge in [0.25, 0.3) is 0 Å². The number of nitrogens with zero attached hydrogens (tertiary/aromatic N) is 1. The van der Waals surface area contributed by atoms with Crippen molar-refractivity contribution in [2.75, 3.05) is 44.8 Å². The zero-order valence-electron chi connectivity index (χ0n) is 12.2. The number of hydrogen-bond donors (Lipinski definition) is 1. The molecule has 2 rings (SSSR count). The molecule has 0 radical (unpaired) electrons. The number of piperidine rings is 1. The lowest BCUT2D eigenvalue weighted by atomic mass is 9.79. The van der Waals surface area contributed by atoms with Crippen molar-refractivity contribution < 1.29 is 4.74 Å². The Labute approximate surface area is 116 Å². The first-order chi connectivity index (χ1) is 9.29. The van der Waals surface area contributed by atoms with Gasteiger partial charge in [0.05, 0.1) is 6.61 Å². The molecule has 19 heavy (non-hydrogen) atoms. The summed E-state index contributed by atoms with van der Waals surface area (Å²) in [5.74, 6) is 0. The van der Waals surface area contributed by atoms with Gasteiger partial charge in [-0.25, -0.2) is 0 Å². The summed E-state index contributed by atoms with van der Waals surface area (Å²) in [5.41, 5.74) is 1.62. The van der Waals surface area contributed by atoms with Crippen LogP contribution in [0.3, 0.4) is 0 Å². The molecule has 1 fully saturated rings. The fraction of sp³-hybridized carbons (Fsp3) is 0.625. The van der Waals surface area contributed by atoms with E-state index in [-0.39, 0.29) is 0 Å². The van der Waals surface area contributed by atoms with E-state index in [1.54, 1.807) is 0 Å². The average Bonchev–Trinajstić information content (AvgIpc) is 2.47. The Morgan fingerprint density at radius 2 is 1.89 bits per heavy atom. The molecule has 1 N–H and O–H groups in total. The van der Waals surface area contributed by atoms with Gasteiger partial charge in [-0.2, -0.15) is 0 Å². The Bertz CT molecular complexity index is 355. The van der Waals surface area contributed by atoms with E-state index in [9.17, 15) is 0 Å². The Morgan fingerprint density at radius 3 is 2.47 bits per heavy atom. The molecule has 0 atom stereocenters. The van der Waals surface area contributed by atoms with Crippen molar-refractivity contribution in [1.29, 1.82) is 0 Å². The lowest BCUT2D eigenvalue weighted by molar-refractivity contribution is 0.0589. The molecule has 106 valence electrons. The molecule has 0 aliphatic carbocycles. The smallest absolute Gasteiger partial charge is 0.0536 e. The van der Waals surface area contributed by atoms with Crippen molar-refractivity contribution in [3.63, 3.8) is 0 Å². The zero-order chi connectivity index (χ0) is 13.6. The topological polar surface area (TPSA) is 24.5 Å². The number of anilines is 1. The van der Waals surface area contributed by atoms with Crippen molar-refractivity contribution in [3.05, 3.63) is 30.3 Å². The summed E-state index contributed by atoms with van der Waals surface area (Å²) in [6.07, 6.45) is 2.40. The van der Waals surface area contributed by atoms with E-state index in [1.807, 2.05) is 7.11 Å². The molecule has 1 aliphatic rings. The SMILES string of the molecule is CCN(CC1(COC)CCNCC1)c1ccccc1. The molecule has 1 heterocycles. The summed E-state index contributed by atoms with van der Waals surface area (Å²) < 4.78 is 5.51. The van der Waals surface area contributed by atoms with Crippen molar-refractivity contribution in [2.45, 2.75) is 19.8 Å². The van der Waals surface area contributed by atoms with E-state index in [0.717, 1.165) is 32.8 Å². The minimum absolute atomic E-state index is 0.297. The van der Waals surface area contributed by atoms with Gasteiger partial charge in [-0.1, -0.05) is 18.2 Å². The number of nitrogens with one attached hydrogen (secondary N) is 1. The van der Waals surface area contributed by atoms with Gasteiger partial charge in [-0.05, 0) is 45.0 Å². The fourth-order valence-corrected chi connectivity index (χ4v) is 3.04. The van der Waals surface area contributed by atoms with Crippen LogP contribution in [0, 0.1) is 5.41 Å². The third kappa shape index (κ3) is 3.71.